The first-order valence-electron chi connectivity index (χ1n) is 5.48. The molecule has 0 aliphatic rings. The van der Waals surface area contributed by atoms with Gasteiger partial charge in [-0.2, -0.15) is 0 Å². The molecule has 0 heterocycles. The number of sulfonamides is 1. The van der Waals surface area contributed by atoms with Crippen molar-refractivity contribution in [1.29, 1.82) is 0 Å². The molecule has 0 saturated heterocycles. The molecular formula is C11H16ClFN2O2S. The highest BCUT2D eigenvalue weighted by Crippen LogP contribution is 2.16. The molecule has 102 valence electrons. The van der Waals surface area contributed by atoms with Crippen molar-refractivity contribution in [3.8, 4) is 0 Å². The molecule has 0 unspecified atom stereocenters. The Hall–Kier alpha value is -0.690. The van der Waals surface area contributed by atoms with E-state index in [-0.39, 0.29) is 5.82 Å². The number of hydrogen-bond acceptors (Lipinski definition) is 3. The second-order valence-electron chi connectivity index (χ2n) is 3.93. The molecule has 0 aromatic heterocycles. The molecule has 1 rings (SSSR count). The summed E-state index contributed by atoms with van der Waals surface area (Å²) in [5, 5.41) is 3.58. The van der Waals surface area contributed by atoms with E-state index in [9.17, 15) is 12.8 Å². The van der Waals surface area contributed by atoms with Crippen LogP contribution in [0.2, 0.25) is 5.02 Å². The van der Waals surface area contributed by atoms with Gasteiger partial charge in [0.25, 0.3) is 0 Å². The summed E-state index contributed by atoms with van der Waals surface area (Å²) in [6, 6.07) is 4.20. The maximum atomic E-state index is 12.9. The smallest absolute Gasteiger partial charge is 0.208 e. The maximum absolute atomic E-state index is 12.9. The van der Waals surface area contributed by atoms with Gasteiger partial charge in [-0.3, -0.25) is 0 Å². The molecule has 0 aliphatic heterocycles. The minimum Gasteiger partial charge on any atom is -0.313 e. The van der Waals surface area contributed by atoms with E-state index in [2.05, 4.69) is 10.0 Å². The van der Waals surface area contributed by atoms with E-state index in [1.807, 2.05) is 0 Å². The van der Waals surface area contributed by atoms with E-state index in [4.69, 9.17) is 11.6 Å². The first-order valence-corrected chi connectivity index (χ1v) is 7.75. The molecule has 0 bridgehead atoms. The summed E-state index contributed by atoms with van der Waals surface area (Å²) in [5.74, 6) is -0.324. The van der Waals surface area contributed by atoms with Crippen molar-refractivity contribution in [2.24, 2.45) is 0 Å². The Balaban J connectivity index is 2.24. The molecule has 1 aromatic carbocycles. The molecule has 0 radical (unpaired) electrons. The van der Waals surface area contributed by atoms with Gasteiger partial charge in [0, 0.05) is 18.1 Å². The van der Waals surface area contributed by atoms with Gasteiger partial charge >= 0.3 is 0 Å². The molecule has 1 aromatic rings. The Morgan fingerprint density at radius 1 is 1.33 bits per heavy atom. The van der Waals surface area contributed by atoms with E-state index in [1.165, 1.54) is 18.2 Å². The van der Waals surface area contributed by atoms with E-state index < -0.39 is 10.0 Å². The lowest BCUT2D eigenvalue weighted by atomic mass is 10.2. The van der Waals surface area contributed by atoms with Crippen LogP contribution < -0.4 is 10.0 Å². The molecule has 0 fully saturated rings. The Bertz CT molecular complexity index is 494. The van der Waals surface area contributed by atoms with Crippen molar-refractivity contribution in [2.45, 2.75) is 13.0 Å². The normalized spacial score (nSPS) is 11.7. The molecule has 0 aliphatic carbocycles. The van der Waals surface area contributed by atoms with E-state index in [0.29, 0.717) is 36.6 Å². The van der Waals surface area contributed by atoms with Gasteiger partial charge in [0.05, 0.1) is 6.26 Å². The Labute approximate surface area is 112 Å². The van der Waals surface area contributed by atoms with Crippen molar-refractivity contribution in [3.63, 3.8) is 0 Å². The average Bonchev–Trinajstić information content (AvgIpc) is 2.26. The molecule has 4 nitrogen and oxygen atoms in total. The summed E-state index contributed by atoms with van der Waals surface area (Å²) in [6.45, 7) is 1.45. The zero-order valence-electron chi connectivity index (χ0n) is 10.0. The largest absolute Gasteiger partial charge is 0.313 e. The first kappa shape index (κ1) is 15.4. The molecule has 2 N–H and O–H groups in total. The predicted octanol–water partition coefficient (Wildman–Crippen LogP) is 1.51. The summed E-state index contributed by atoms with van der Waals surface area (Å²) >= 11 is 5.90. The third-order valence-electron chi connectivity index (χ3n) is 2.22. The van der Waals surface area contributed by atoms with Gasteiger partial charge < -0.3 is 5.32 Å². The fraction of sp³-hybridized carbons (Fsp3) is 0.455. The fourth-order valence-corrected chi connectivity index (χ4v) is 2.07. The molecule has 0 atom stereocenters. The molecule has 0 amide bonds. The quantitative estimate of drug-likeness (QED) is 0.750. The van der Waals surface area contributed by atoms with Gasteiger partial charge in [-0.05, 0) is 36.7 Å². The second kappa shape index (κ2) is 7.04. The highest BCUT2D eigenvalue weighted by Gasteiger charge is 2.02. The summed E-state index contributed by atoms with van der Waals surface area (Å²) in [5.41, 5.74) is 0.688. The monoisotopic (exact) mass is 294 g/mol. The number of rotatable bonds is 7. The van der Waals surface area contributed by atoms with Crippen molar-refractivity contribution < 1.29 is 12.8 Å². The molecule has 7 heteroatoms. The van der Waals surface area contributed by atoms with Crippen molar-refractivity contribution in [1.82, 2.24) is 10.0 Å². The minimum atomic E-state index is -3.12. The van der Waals surface area contributed by atoms with Gasteiger partial charge in [-0.15, -0.1) is 0 Å². The zero-order valence-corrected chi connectivity index (χ0v) is 11.6. The maximum Gasteiger partial charge on any atom is 0.208 e. The van der Waals surface area contributed by atoms with Crippen LogP contribution in [0.5, 0.6) is 0 Å². The van der Waals surface area contributed by atoms with Crippen LogP contribution in [0.15, 0.2) is 18.2 Å². The first-order chi connectivity index (χ1) is 8.38. The lowest BCUT2D eigenvalue weighted by molar-refractivity contribution is 0.578. The average molecular weight is 295 g/mol. The Morgan fingerprint density at radius 2 is 2.06 bits per heavy atom. The molecular weight excluding hydrogens is 279 g/mol. The molecule has 18 heavy (non-hydrogen) atoms. The number of halogens is 2. The third kappa shape index (κ3) is 6.30. The van der Waals surface area contributed by atoms with Gasteiger partial charge in [-0.25, -0.2) is 17.5 Å². The van der Waals surface area contributed by atoms with Crippen molar-refractivity contribution in [2.75, 3.05) is 19.3 Å². The van der Waals surface area contributed by atoms with Crippen LogP contribution in [0, 0.1) is 5.82 Å². The highest BCUT2D eigenvalue weighted by atomic mass is 35.5. The Morgan fingerprint density at radius 3 is 2.72 bits per heavy atom. The zero-order chi connectivity index (χ0) is 13.6. The topological polar surface area (TPSA) is 58.2 Å². The van der Waals surface area contributed by atoms with Crippen LogP contribution in [0.3, 0.4) is 0 Å². The van der Waals surface area contributed by atoms with Crippen LogP contribution in [-0.4, -0.2) is 27.8 Å². The lowest BCUT2D eigenvalue weighted by Gasteiger charge is -2.07. The predicted molar refractivity (Wildman–Crippen MR) is 70.6 cm³/mol. The molecule has 0 spiro atoms. The standard InChI is InChI=1S/C11H16ClFN2O2S/c1-18(16,17)15-6-2-5-14-8-9-7-10(13)3-4-11(9)12/h3-4,7,14-15H,2,5-6,8H2,1H3. The van der Waals surface area contributed by atoms with Crippen LogP contribution in [0.4, 0.5) is 4.39 Å². The Kier molecular flexibility index (Phi) is 6.01. The fourth-order valence-electron chi connectivity index (χ4n) is 1.37. The van der Waals surface area contributed by atoms with Crippen LogP contribution in [0.25, 0.3) is 0 Å². The highest BCUT2D eigenvalue weighted by molar-refractivity contribution is 7.88. The summed E-state index contributed by atoms with van der Waals surface area (Å²) in [6.07, 6.45) is 1.77. The van der Waals surface area contributed by atoms with Crippen molar-refractivity contribution >= 4 is 21.6 Å². The lowest BCUT2D eigenvalue weighted by Crippen LogP contribution is -2.26. The van der Waals surface area contributed by atoms with Crippen LogP contribution >= 0.6 is 11.6 Å². The SMILES string of the molecule is CS(=O)(=O)NCCCNCc1cc(F)ccc1Cl. The number of nitrogens with one attached hydrogen (secondary N) is 2. The van der Waals surface area contributed by atoms with E-state index in [0.717, 1.165) is 6.26 Å². The van der Waals surface area contributed by atoms with Crippen molar-refractivity contribution in [3.05, 3.63) is 34.6 Å². The van der Waals surface area contributed by atoms with E-state index in [1.54, 1.807) is 0 Å². The van der Waals surface area contributed by atoms with E-state index >= 15 is 0 Å². The number of benzene rings is 1. The van der Waals surface area contributed by atoms with Gasteiger partial charge in [0.15, 0.2) is 0 Å². The van der Waals surface area contributed by atoms with Crippen LogP contribution in [-0.2, 0) is 16.6 Å². The third-order valence-corrected chi connectivity index (χ3v) is 3.32. The summed E-state index contributed by atoms with van der Waals surface area (Å²) in [4.78, 5) is 0. The van der Waals surface area contributed by atoms with Gasteiger partial charge in [0.2, 0.25) is 10.0 Å². The summed E-state index contributed by atoms with van der Waals surface area (Å²) < 4.78 is 36.9. The minimum absolute atomic E-state index is 0.324. The number of hydrogen-bond donors (Lipinski definition) is 2. The van der Waals surface area contributed by atoms with Gasteiger partial charge in [0.1, 0.15) is 5.82 Å². The molecule has 0 saturated carbocycles. The van der Waals surface area contributed by atoms with Crippen LogP contribution in [0.1, 0.15) is 12.0 Å². The summed E-state index contributed by atoms with van der Waals surface area (Å²) in [7, 11) is -3.12. The van der Waals surface area contributed by atoms with Gasteiger partial charge in [-0.1, -0.05) is 11.6 Å². The second-order valence-corrected chi connectivity index (χ2v) is 6.17.